The lowest BCUT2D eigenvalue weighted by Gasteiger charge is -2.39. The van der Waals surface area contributed by atoms with Crippen LogP contribution in [0.5, 0.6) is 0 Å². The summed E-state index contributed by atoms with van der Waals surface area (Å²) in [5.41, 5.74) is 0. The van der Waals surface area contributed by atoms with Gasteiger partial charge in [0.25, 0.3) is 0 Å². The van der Waals surface area contributed by atoms with Crippen LogP contribution in [0.4, 0.5) is 5.95 Å². The molecular weight excluding hydrogens is 268 g/mol. The van der Waals surface area contributed by atoms with E-state index in [9.17, 15) is 0 Å². The summed E-state index contributed by atoms with van der Waals surface area (Å²) in [5.74, 6) is 1.81. The summed E-state index contributed by atoms with van der Waals surface area (Å²) in [6.07, 6.45) is 9.10. The highest BCUT2D eigenvalue weighted by atomic mass is 32.1. The lowest BCUT2D eigenvalue weighted by atomic mass is 9.92. The van der Waals surface area contributed by atoms with Crippen LogP contribution in [-0.4, -0.2) is 27.4 Å². The molecule has 0 radical (unpaired) electrons. The Morgan fingerprint density at radius 2 is 1.85 bits per heavy atom. The van der Waals surface area contributed by atoms with Gasteiger partial charge >= 0.3 is 0 Å². The summed E-state index contributed by atoms with van der Waals surface area (Å²) < 4.78 is 3.11. The Bertz CT molecular complexity index is 500. The number of hydrogen-bond donors (Lipinski definition) is 1. The van der Waals surface area contributed by atoms with Gasteiger partial charge in [0.05, 0.1) is 0 Å². The van der Waals surface area contributed by atoms with Crippen molar-refractivity contribution in [1.82, 2.24) is 14.8 Å². The lowest BCUT2D eigenvalue weighted by Crippen LogP contribution is -2.44. The Labute approximate surface area is 126 Å². The molecule has 0 amide bonds. The summed E-state index contributed by atoms with van der Waals surface area (Å²) in [4.78, 5) is 2.47. The fourth-order valence-electron chi connectivity index (χ4n) is 3.79. The molecule has 2 heterocycles. The van der Waals surface area contributed by atoms with Crippen molar-refractivity contribution in [2.75, 3.05) is 11.4 Å². The molecule has 1 aromatic heterocycles. The quantitative estimate of drug-likeness (QED) is 0.835. The molecule has 112 valence electrons. The van der Waals surface area contributed by atoms with Gasteiger partial charge < -0.3 is 4.90 Å². The first-order valence-electron chi connectivity index (χ1n) is 8.12. The SMILES string of the molecule is CC1CCCN(c2n[nH]c(=S)n2C2CCCCC2)C1C. The average Bonchev–Trinajstić information content (AvgIpc) is 2.84. The number of aromatic nitrogens is 3. The van der Waals surface area contributed by atoms with Gasteiger partial charge in [0.15, 0.2) is 4.77 Å². The third-order valence-electron chi connectivity index (χ3n) is 5.26. The van der Waals surface area contributed by atoms with Crippen LogP contribution in [-0.2, 0) is 0 Å². The predicted molar refractivity (Wildman–Crippen MR) is 84.7 cm³/mol. The normalized spacial score (nSPS) is 28.8. The zero-order valence-corrected chi connectivity index (χ0v) is 13.5. The molecule has 1 aliphatic carbocycles. The highest BCUT2D eigenvalue weighted by Crippen LogP contribution is 2.34. The molecule has 0 aromatic carbocycles. The van der Waals surface area contributed by atoms with Crippen molar-refractivity contribution in [3.05, 3.63) is 4.77 Å². The Kier molecular flexibility index (Phi) is 4.15. The molecule has 2 unspecified atom stereocenters. The van der Waals surface area contributed by atoms with Gasteiger partial charge in [-0.1, -0.05) is 26.2 Å². The van der Waals surface area contributed by atoms with Gasteiger partial charge in [-0.25, -0.2) is 5.10 Å². The summed E-state index contributed by atoms with van der Waals surface area (Å²) >= 11 is 5.51. The molecule has 2 atom stereocenters. The summed E-state index contributed by atoms with van der Waals surface area (Å²) in [6, 6.07) is 1.10. The van der Waals surface area contributed by atoms with E-state index in [-0.39, 0.29) is 0 Å². The predicted octanol–water partition coefficient (Wildman–Crippen LogP) is 4.07. The fraction of sp³-hybridized carbons (Fsp3) is 0.867. The molecule has 0 spiro atoms. The Balaban J connectivity index is 1.91. The van der Waals surface area contributed by atoms with Crippen LogP contribution in [0.15, 0.2) is 0 Å². The van der Waals surface area contributed by atoms with Crippen molar-refractivity contribution < 1.29 is 0 Å². The Morgan fingerprint density at radius 3 is 2.60 bits per heavy atom. The van der Waals surface area contributed by atoms with E-state index in [1.165, 1.54) is 44.9 Å². The van der Waals surface area contributed by atoms with Crippen molar-refractivity contribution in [2.45, 2.75) is 70.9 Å². The second-order valence-electron chi connectivity index (χ2n) is 6.54. The van der Waals surface area contributed by atoms with Crippen molar-refractivity contribution >= 4 is 18.2 Å². The molecule has 1 saturated carbocycles. The van der Waals surface area contributed by atoms with Crippen LogP contribution in [0.3, 0.4) is 0 Å². The number of hydrogen-bond acceptors (Lipinski definition) is 3. The van der Waals surface area contributed by atoms with E-state index < -0.39 is 0 Å². The average molecular weight is 294 g/mol. The minimum Gasteiger partial charge on any atom is -0.338 e. The van der Waals surface area contributed by atoms with E-state index in [1.54, 1.807) is 0 Å². The fourth-order valence-corrected chi connectivity index (χ4v) is 4.06. The van der Waals surface area contributed by atoms with E-state index in [1.807, 2.05) is 0 Å². The number of piperidine rings is 1. The topological polar surface area (TPSA) is 36.9 Å². The highest BCUT2D eigenvalue weighted by Gasteiger charge is 2.30. The number of aromatic amines is 1. The number of nitrogens with zero attached hydrogens (tertiary/aromatic N) is 3. The first-order valence-corrected chi connectivity index (χ1v) is 8.53. The molecule has 1 N–H and O–H groups in total. The third kappa shape index (κ3) is 2.52. The number of rotatable bonds is 2. The zero-order valence-electron chi connectivity index (χ0n) is 12.6. The molecule has 2 aliphatic rings. The van der Waals surface area contributed by atoms with Gasteiger partial charge in [-0.05, 0) is 50.7 Å². The monoisotopic (exact) mass is 294 g/mol. The second-order valence-corrected chi connectivity index (χ2v) is 6.93. The first-order chi connectivity index (χ1) is 9.68. The molecule has 1 saturated heterocycles. The molecule has 4 nitrogen and oxygen atoms in total. The Hall–Kier alpha value is -0.840. The molecule has 1 aromatic rings. The van der Waals surface area contributed by atoms with E-state index >= 15 is 0 Å². The van der Waals surface area contributed by atoms with Crippen LogP contribution in [0, 0.1) is 10.7 Å². The minimum absolute atomic E-state index is 0.550. The van der Waals surface area contributed by atoms with E-state index in [2.05, 4.69) is 33.5 Å². The molecule has 20 heavy (non-hydrogen) atoms. The van der Waals surface area contributed by atoms with Gasteiger partial charge in [0.1, 0.15) is 0 Å². The van der Waals surface area contributed by atoms with E-state index in [0.717, 1.165) is 23.2 Å². The van der Waals surface area contributed by atoms with E-state index in [4.69, 9.17) is 12.2 Å². The van der Waals surface area contributed by atoms with Crippen molar-refractivity contribution in [3.8, 4) is 0 Å². The van der Waals surface area contributed by atoms with Crippen LogP contribution >= 0.6 is 12.2 Å². The second kappa shape index (κ2) is 5.88. The minimum atomic E-state index is 0.550. The van der Waals surface area contributed by atoms with Gasteiger partial charge in [0.2, 0.25) is 5.95 Å². The summed E-state index contributed by atoms with van der Waals surface area (Å²) in [7, 11) is 0. The lowest BCUT2D eigenvalue weighted by molar-refractivity contribution is 0.328. The molecule has 1 aliphatic heterocycles. The van der Waals surface area contributed by atoms with Gasteiger partial charge in [-0.15, -0.1) is 5.10 Å². The number of H-pyrrole nitrogens is 1. The number of nitrogens with one attached hydrogen (secondary N) is 1. The molecule has 5 heteroatoms. The van der Waals surface area contributed by atoms with Crippen molar-refractivity contribution in [3.63, 3.8) is 0 Å². The zero-order chi connectivity index (χ0) is 14.1. The van der Waals surface area contributed by atoms with Crippen molar-refractivity contribution in [2.24, 2.45) is 5.92 Å². The van der Waals surface area contributed by atoms with Crippen LogP contribution in [0.25, 0.3) is 0 Å². The third-order valence-corrected chi connectivity index (χ3v) is 5.54. The molecule has 0 bridgehead atoms. The van der Waals surface area contributed by atoms with Crippen LogP contribution in [0.1, 0.15) is 64.8 Å². The maximum Gasteiger partial charge on any atom is 0.226 e. The summed E-state index contributed by atoms with van der Waals surface area (Å²) in [5, 5.41) is 7.61. The number of anilines is 1. The highest BCUT2D eigenvalue weighted by molar-refractivity contribution is 7.71. The molecule has 2 fully saturated rings. The molecule has 3 rings (SSSR count). The summed E-state index contributed by atoms with van der Waals surface area (Å²) in [6.45, 7) is 5.79. The van der Waals surface area contributed by atoms with Gasteiger partial charge in [0, 0.05) is 18.6 Å². The van der Waals surface area contributed by atoms with Gasteiger partial charge in [-0.3, -0.25) is 4.57 Å². The Morgan fingerprint density at radius 1 is 1.10 bits per heavy atom. The van der Waals surface area contributed by atoms with Crippen LogP contribution in [0.2, 0.25) is 0 Å². The van der Waals surface area contributed by atoms with Crippen LogP contribution < -0.4 is 4.90 Å². The first kappa shape index (κ1) is 14.1. The van der Waals surface area contributed by atoms with E-state index in [0.29, 0.717) is 12.1 Å². The maximum atomic E-state index is 5.51. The standard InChI is InChI=1S/C15H26N4S/c1-11-7-6-10-18(12(11)2)14-16-17-15(20)19(14)13-8-4-3-5-9-13/h11-13H,3-10H2,1-2H3,(H,17,20). The maximum absolute atomic E-state index is 5.51. The molecular formula is C15H26N4S. The smallest absolute Gasteiger partial charge is 0.226 e. The largest absolute Gasteiger partial charge is 0.338 e. The van der Waals surface area contributed by atoms with Gasteiger partial charge in [-0.2, -0.15) is 0 Å². The van der Waals surface area contributed by atoms with Crippen molar-refractivity contribution in [1.29, 1.82) is 0 Å².